The largest absolute Gasteiger partial charge is 0.481 e. The summed E-state index contributed by atoms with van der Waals surface area (Å²) in [7, 11) is 0. The summed E-state index contributed by atoms with van der Waals surface area (Å²) in [5.74, 6) is -1.23. The number of rotatable bonds is 3. The second kappa shape index (κ2) is 5.10. The van der Waals surface area contributed by atoms with Gasteiger partial charge in [-0.25, -0.2) is 0 Å². The minimum Gasteiger partial charge on any atom is -0.481 e. The number of hydrogen-bond donors (Lipinski definition) is 1. The van der Waals surface area contributed by atoms with Gasteiger partial charge in [-0.15, -0.1) is 11.3 Å². The van der Waals surface area contributed by atoms with Crippen LogP contribution in [-0.2, 0) is 11.2 Å². The van der Waals surface area contributed by atoms with Gasteiger partial charge in [-0.05, 0) is 29.3 Å². The molecule has 0 unspecified atom stereocenters. The summed E-state index contributed by atoms with van der Waals surface area (Å²) >= 11 is 1.44. The third-order valence-corrected chi connectivity index (χ3v) is 4.48. The van der Waals surface area contributed by atoms with Gasteiger partial charge in [0.25, 0.3) is 5.91 Å². The summed E-state index contributed by atoms with van der Waals surface area (Å²) in [6.07, 6.45) is 0.830. The zero-order chi connectivity index (χ0) is 13.3. The monoisotopic (exact) mass is 267 g/mol. The summed E-state index contributed by atoms with van der Waals surface area (Å²) in [6.45, 7) is 4.78. The number of aryl methyl sites for hydroxylation is 1. The fourth-order valence-electron chi connectivity index (χ4n) is 2.40. The molecule has 1 aromatic rings. The van der Waals surface area contributed by atoms with Gasteiger partial charge in [0.1, 0.15) is 0 Å². The van der Waals surface area contributed by atoms with Crippen molar-refractivity contribution in [1.82, 2.24) is 4.90 Å². The summed E-state index contributed by atoms with van der Waals surface area (Å²) in [6, 6.07) is 1.96. The second-order valence-electron chi connectivity index (χ2n) is 4.76. The Balaban J connectivity index is 2.14. The first-order valence-electron chi connectivity index (χ1n) is 6.13. The van der Waals surface area contributed by atoms with Crippen LogP contribution in [0.3, 0.4) is 0 Å². The minimum atomic E-state index is -0.806. The lowest BCUT2D eigenvalue weighted by atomic mass is 9.99. The fourth-order valence-corrected chi connectivity index (χ4v) is 3.36. The van der Waals surface area contributed by atoms with E-state index in [1.807, 2.05) is 25.3 Å². The van der Waals surface area contributed by atoms with Crippen molar-refractivity contribution >= 4 is 23.2 Å². The number of aliphatic carboxylic acids is 1. The Morgan fingerprint density at radius 1 is 1.50 bits per heavy atom. The van der Waals surface area contributed by atoms with Crippen molar-refractivity contribution in [3.8, 4) is 0 Å². The van der Waals surface area contributed by atoms with Gasteiger partial charge in [0, 0.05) is 13.1 Å². The van der Waals surface area contributed by atoms with E-state index in [1.165, 1.54) is 11.3 Å². The predicted molar refractivity (Wildman–Crippen MR) is 69.9 cm³/mol. The molecule has 1 saturated heterocycles. The van der Waals surface area contributed by atoms with E-state index >= 15 is 0 Å². The molecule has 0 spiro atoms. The molecule has 5 heteroatoms. The van der Waals surface area contributed by atoms with E-state index in [0.29, 0.717) is 13.1 Å². The van der Waals surface area contributed by atoms with Gasteiger partial charge in [0.05, 0.1) is 10.8 Å². The molecule has 2 rings (SSSR count). The topological polar surface area (TPSA) is 57.6 Å². The standard InChI is InChI=1S/C13H17NO3S/c1-3-9-4-5-18-11(9)12(15)14-6-8(2)10(7-14)13(16)17/h4-5,8,10H,3,6-7H2,1-2H3,(H,16,17)/t8-,10-/m1/s1. The van der Waals surface area contributed by atoms with E-state index in [-0.39, 0.29) is 11.8 Å². The number of carbonyl (C=O) groups excluding carboxylic acids is 1. The molecule has 18 heavy (non-hydrogen) atoms. The molecule has 0 bridgehead atoms. The number of carboxylic acid groups (broad SMARTS) is 1. The van der Waals surface area contributed by atoms with Gasteiger partial charge in [-0.3, -0.25) is 9.59 Å². The van der Waals surface area contributed by atoms with Crippen molar-refractivity contribution < 1.29 is 14.7 Å². The van der Waals surface area contributed by atoms with Crippen LogP contribution in [0.4, 0.5) is 0 Å². The molecule has 0 radical (unpaired) electrons. The van der Waals surface area contributed by atoms with Crippen molar-refractivity contribution in [2.75, 3.05) is 13.1 Å². The van der Waals surface area contributed by atoms with Gasteiger partial charge in [-0.1, -0.05) is 13.8 Å². The molecule has 2 heterocycles. The summed E-state index contributed by atoms with van der Waals surface area (Å²) in [5.41, 5.74) is 1.05. The molecule has 1 aliphatic rings. The van der Waals surface area contributed by atoms with Crippen LogP contribution in [0.5, 0.6) is 0 Å². The third-order valence-electron chi connectivity index (χ3n) is 3.54. The molecule has 1 amide bonds. The molecule has 2 atom stereocenters. The highest BCUT2D eigenvalue weighted by molar-refractivity contribution is 7.12. The van der Waals surface area contributed by atoms with E-state index in [4.69, 9.17) is 5.11 Å². The zero-order valence-electron chi connectivity index (χ0n) is 10.5. The number of hydrogen-bond acceptors (Lipinski definition) is 3. The van der Waals surface area contributed by atoms with Gasteiger partial charge >= 0.3 is 5.97 Å². The summed E-state index contributed by atoms with van der Waals surface area (Å²) in [4.78, 5) is 25.8. The number of amides is 1. The second-order valence-corrected chi connectivity index (χ2v) is 5.68. The van der Waals surface area contributed by atoms with Crippen LogP contribution in [0, 0.1) is 11.8 Å². The number of thiophene rings is 1. The maximum Gasteiger partial charge on any atom is 0.308 e. The summed E-state index contributed by atoms with van der Waals surface area (Å²) in [5, 5.41) is 11.0. The Labute approximate surface area is 110 Å². The van der Waals surface area contributed by atoms with Crippen molar-refractivity contribution in [1.29, 1.82) is 0 Å². The molecule has 1 aliphatic heterocycles. The van der Waals surface area contributed by atoms with Crippen molar-refractivity contribution in [2.45, 2.75) is 20.3 Å². The van der Waals surface area contributed by atoms with E-state index < -0.39 is 11.9 Å². The Kier molecular flexibility index (Phi) is 3.71. The van der Waals surface area contributed by atoms with Crippen LogP contribution in [0.25, 0.3) is 0 Å². The number of carboxylic acids is 1. The third kappa shape index (κ3) is 2.27. The average molecular weight is 267 g/mol. The first-order chi connectivity index (χ1) is 8.54. The normalized spacial score (nSPS) is 23.3. The van der Waals surface area contributed by atoms with Crippen molar-refractivity contribution in [3.63, 3.8) is 0 Å². The molecule has 0 aromatic carbocycles. The molecule has 0 aliphatic carbocycles. The molecular weight excluding hydrogens is 250 g/mol. The lowest BCUT2D eigenvalue weighted by molar-refractivity contribution is -0.142. The minimum absolute atomic E-state index is 0.0162. The lowest BCUT2D eigenvalue weighted by Crippen LogP contribution is -2.29. The quantitative estimate of drug-likeness (QED) is 0.912. The molecular formula is C13H17NO3S. The molecule has 98 valence electrons. The van der Waals surface area contributed by atoms with Gasteiger partial charge in [0.15, 0.2) is 0 Å². The van der Waals surface area contributed by atoms with Crippen LogP contribution in [-0.4, -0.2) is 35.0 Å². The Morgan fingerprint density at radius 2 is 2.22 bits per heavy atom. The Hall–Kier alpha value is -1.36. The highest BCUT2D eigenvalue weighted by atomic mass is 32.1. The van der Waals surface area contributed by atoms with E-state index in [9.17, 15) is 9.59 Å². The first kappa shape index (κ1) is 13.1. The van der Waals surface area contributed by atoms with Gasteiger partial charge in [-0.2, -0.15) is 0 Å². The van der Waals surface area contributed by atoms with Crippen LogP contribution in [0.1, 0.15) is 29.1 Å². The molecule has 0 saturated carbocycles. The predicted octanol–water partition coefficient (Wildman–Crippen LogP) is 2.10. The zero-order valence-corrected chi connectivity index (χ0v) is 11.4. The number of carbonyl (C=O) groups is 2. The lowest BCUT2D eigenvalue weighted by Gasteiger charge is -2.15. The fraction of sp³-hybridized carbons (Fsp3) is 0.538. The van der Waals surface area contributed by atoms with Crippen molar-refractivity contribution in [2.24, 2.45) is 11.8 Å². The average Bonchev–Trinajstić information content (AvgIpc) is 2.93. The van der Waals surface area contributed by atoms with Crippen LogP contribution in [0.15, 0.2) is 11.4 Å². The van der Waals surface area contributed by atoms with Crippen LogP contribution in [0.2, 0.25) is 0 Å². The maximum absolute atomic E-state index is 12.3. The molecule has 4 nitrogen and oxygen atoms in total. The smallest absolute Gasteiger partial charge is 0.308 e. The van der Waals surface area contributed by atoms with E-state index in [2.05, 4.69) is 0 Å². The van der Waals surface area contributed by atoms with Gasteiger partial charge in [0.2, 0.25) is 0 Å². The molecule has 1 aromatic heterocycles. The van der Waals surface area contributed by atoms with Crippen LogP contribution >= 0.6 is 11.3 Å². The van der Waals surface area contributed by atoms with E-state index in [1.54, 1.807) is 4.90 Å². The highest BCUT2D eigenvalue weighted by Gasteiger charge is 2.37. The van der Waals surface area contributed by atoms with Gasteiger partial charge < -0.3 is 10.0 Å². The Morgan fingerprint density at radius 3 is 2.78 bits per heavy atom. The van der Waals surface area contributed by atoms with E-state index in [0.717, 1.165) is 16.9 Å². The molecule has 1 fully saturated rings. The highest BCUT2D eigenvalue weighted by Crippen LogP contribution is 2.27. The molecule has 1 N–H and O–H groups in total. The SMILES string of the molecule is CCc1ccsc1C(=O)N1C[C@@H](C)[C@H](C(=O)O)C1. The first-order valence-corrected chi connectivity index (χ1v) is 7.01. The van der Waals surface area contributed by atoms with Crippen LogP contribution < -0.4 is 0 Å². The van der Waals surface area contributed by atoms with Crippen molar-refractivity contribution in [3.05, 3.63) is 21.9 Å². The number of nitrogens with zero attached hydrogens (tertiary/aromatic N) is 1. The maximum atomic E-state index is 12.3. The number of likely N-dealkylation sites (tertiary alicyclic amines) is 1. The Bertz CT molecular complexity index is 469. The summed E-state index contributed by atoms with van der Waals surface area (Å²) < 4.78 is 0.